The molecule has 0 aromatic heterocycles. The fourth-order valence-corrected chi connectivity index (χ4v) is 1.49. The molecule has 2 rings (SSSR count). The van der Waals surface area contributed by atoms with Gasteiger partial charge in [0.05, 0.1) is 0 Å². The lowest BCUT2D eigenvalue weighted by Crippen LogP contribution is -2.28. The van der Waals surface area contributed by atoms with Gasteiger partial charge in [-0.05, 0) is 37.2 Å². The summed E-state index contributed by atoms with van der Waals surface area (Å²) in [7, 11) is 0. The third-order valence-corrected chi connectivity index (χ3v) is 2.34. The van der Waals surface area contributed by atoms with E-state index in [4.69, 9.17) is 9.84 Å². The van der Waals surface area contributed by atoms with Gasteiger partial charge in [-0.3, -0.25) is 0 Å². The van der Waals surface area contributed by atoms with Gasteiger partial charge in [0.1, 0.15) is 11.5 Å². The maximum absolute atomic E-state index is 11.7. The molecule has 1 heterocycles. The Morgan fingerprint density at radius 3 is 2.69 bits per heavy atom. The van der Waals surface area contributed by atoms with Crippen LogP contribution in [0.25, 0.3) is 0 Å². The molecule has 0 saturated carbocycles. The minimum absolute atomic E-state index is 0.151. The van der Waals surface area contributed by atoms with E-state index in [0.717, 1.165) is 13.0 Å². The first-order valence-electron chi connectivity index (χ1n) is 5.16. The van der Waals surface area contributed by atoms with Crippen LogP contribution in [0.15, 0.2) is 35.9 Å². The second kappa shape index (κ2) is 4.81. The zero-order valence-electron chi connectivity index (χ0n) is 8.77. The van der Waals surface area contributed by atoms with Crippen LogP contribution in [-0.4, -0.2) is 24.2 Å². The van der Waals surface area contributed by atoms with Crippen LogP contribution in [-0.2, 0) is 4.79 Å². The van der Waals surface area contributed by atoms with Gasteiger partial charge < -0.3 is 15.2 Å². The lowest BCUT2D eigenvalue weighted by molar-refractivity contribution is -0.130. The molecular formula is C12H13NO3. The second-order valence-corrected chi connectivity index (χ2v) is 3.58. The topological polar surface area (TPSA) is 58.6 Å². The predicted molar refractivity (Wildman–Crippen MR) is 59.3 cm³/mol. The number of nitrogens with one attached hydrogen (secondary N) is 1. The molecule has 4 nitrogen and oxygen atoms in total. The summed E-state index contributed by atoms with van der Waals surface area (Å²) >= 11 is 0. The third kappa shape index (κ3) is 2.61. The molecule has 1 aliphatic heterocycles. The van der Waals surface area contributed by atoms with E-state index in [9.17, 15) is 4.79 Å². The van der Waals surface area contributed by atoms with Crippen LogP contribution in [0.2, 0.25) is 0 Å². The van der Waals surface area contributed by atoms with Crippen molar-refractivity contribution in [2.45, 2.75) is 6.42 Å². The Hall–Kier alpha value is -1.81. The number of carbonyl (C=O) groups is 1. The quantitative estimate of drug-likeness (QED) is 0.580. The van der Waals surface area contributed by atoms with Gasteiger partial charge >= 0.3 is 5.97 Å². The number of hydrogen-bond acceptors (Lipinski definition) is 4. The van der Waals surface area contributed by atoms with Gasteiger partial charge in [0.25, 0.3) is 0 Å². The number of aromatic hydroxyl groups is 1. The van der Waals surface area contributed by atoms with E-state index in [-0.39, 0.29) is 11.7 Å². The molecule has 16 heavy (non-hydrogen) atoms. The Bertz CT molecular complexity index is 409. The van der Waals surface area contributed by atoms with Gasteiger partial charge in [-0.15, -0.1) is 0 Å². The van der Waals surface area contributed by atoms with Gasteiger partial charge in [0.2, 0.25) is 0 Å². The summed E-state index contributed by atoms with van der Waals surface area (Å²) in [4.78, 5) is 11.7. The third-order valence-electron chi connectivity index (χ3n) is 2.34. The number of ether oxygens (including phenoxy) is 1. The molecule has 1 aromatic carbocycles. The highest BCUT2D eigenvalue weighted by molar-refractivity contribution is 5.90. The number of carbonyl (C=O) groups excluding carboxylic acids is 1. The summed E-state index contributed by atoms with van der Waals surface area (Å²) in [6.45, 7) is 1.45. The van der Waals surface area contributed by atoms with E-state index < -0.39 is 0 Å². The molecule has 2 N–H and O–H groups in total. The summed E-state index contributed by atoms with van der Waals surface area (Å²) in [5.41, 5.74) is 0.652. The van der Waals surface area contributed by atoms with Crippen molar-refractivity contribution in [3.8, 4) is 11.5 Å². The Balaban J connectivity index is 2.01. The van der Waals surface area contributed by atoms with Crippen molar-refractivity contribution in [3.63, 3.8) is 0 Å². The molecule has 0 spiro atoms. The van der Waals surface area contributed by atoms with Crippen LogP contribution in [0.5, 0.6) is 11.5 Å². The molecule has 0 fully saturated rings. The highest BCUT2D eigenvalue weighted by Gasteiger charge is 2.13. The van der Waals surface area contributed by atoms with Gasteiger partial charge in [0.15, 0.2) is 0 Å². The van der Waals surface area contributed by atoms with Crippen molar-refractivity contribution >= 4 is 5.97 Å². The Kier molecular flexibility index (Phi) is 3.22. The first-order chi connectivity index (χ1) is 7.75. The molecular weight excluding hydrogens is 206 g/mol. The standard InChI is InChI=1S/C12H13NO3/c14-10-3-5-11(6-4-10)16-12(15)9-2-1-7-13-8-9/h2-6,13-14H,1,7-8H2. The molecule has 0 bridgehead atoms. The maximum atomic E-state index is 11.7. The largest absolute Gasteiger partial charge is 0.508 e. The van der Waals surface area contributed by atoms with Crippen molar-refractivity contribution in [1.29, 1.82) is 0 Å². The van der Waals surface area contributed by atoms with E-state index in [1.807, 2.05) is 6.08 Å². The molecule has 0 unspecified atom stereocenters. The Labute approximate surface area is 93.5 Å². The monoisotopic (exact) mass is 219 g/mol. The van der Waals surface area contributed by atoms with Gasteiger partial charge in [-0.1, -0.05) is 6.08 Å². The lowest BCUT2D eigenvalue weighted by Gasteiger charge is -2.13. The van der Waals surface area contributed by atoms with E-state index in [2.05, 4.69) is 5.32 Å². The minimum Gasteiger partial charge on any atom is -0.508 e. The molecule has 1 aromatic rings. The minimum atomic E-state index is -0.335. The number of phenolic OH excluding ortho intramolecular Hbond substituents is 1. The van der Waals surface area contributed by atoms with E-state index >= 15 is 0 Å². The summed E-state index contributed by atoms with van der Waals surface area (Å²) < 4.78 is 5.15. The molecule has 84 valence electrons. The fraction of sp³-hybridized carbons (Fsp3) is 0.250. The average Bonchev–Trinajstić information content (AvgIpc) is 2.33. The highest BCUT2D eigenvalue weighted by Crippen LogP contribution is 2.17. The smallest absolute Gasteiger partial charge is 0.340 e. The maximum Gasteiger partial charge on any atom is 0.340 e. The van der Waals surface area contributed by atoms with Crippen LogP contribution in [0, 0.1) is 0 Å². The normalized spacial score (nSPS) is 15.4. The fourth-order valence-electron chi connectivity index (χ4n) is 1.49. The lowest BCUT2D eigenvalue weighted by atomic mass is 10.1. The van der Waals surface area contributed by atoms with Crippen LogP contribution in [0.1, 0.15) is 6.42 Å². The first kappa shape index (κ1) is 10.7. The SMILES string of the molecule is O=C(Oc1ccc(O)cc1)C1=CCCNC1. The van der Waals surface area contributed by atoms with E-state index in [1.54, 1.807) is 12.1 Å². The number of benzene rings is 1. The summed E-state index contributed by atoms with van der Waals surface area (Å²) in [6.07, 6.45) is 2.74. The predicted octanol–water partition coefficient (Wildman–Crippen LogP) is 1.22. The van der Waals surface area contributed by atoms with Crippen LogP contribution < -0.4 is 10.1 Å². The zero-order chi connectivity index (χ0) is 11.4. The number of esters is 1. The van der Waals surface area contributed by atoms with Crippen LogP contribution >= 0.6 is 0 Å². The van der Waals surface area contributed by atoms with Gasteiger partial charge in [0, 0.05) is 12.1 Å². The second-order valence-electron chi connectivity index (χ2n) is 3.58. The van der Waals surface area contributed by atoms with E-state index in [1.165, 1.54) is 12.1 Å². The first-order valence-corrected chi connectivity index (χ1v) is 5.16. The van der Waals surface area contributed by atoms with Crippen molar-refractivity contribution in [2.75, 3.05) is 13.1 Å². The molecule has 1 aliphatic rings. The molecule has 4 heteroatoms. The van der Waals surface area contributed by atoms with Crippen molar-refractivity contribution in [3.05, 3.63) is 35.9 Å². The number of hydrogen-bond donors (Lipinski definition) is 2. The average molecular weight is 219 g/mol. The van der Waals surface area contributed by atoms with Crippen LogP contribution in [0.4, 0.5) is 0 Å². The summed E-state index contributed by atoms with van der Waals surface area (Å²) in [5.74, 6) is 0.255. The van der Waals surface area contributed by atoms with Crippen molar-refractivity contribution < 1.29 is 14.6 Å². The number of rotatable bonds is 2. The molecule has 0 atom stereocenters. The van der Waals surface area contributed by atoms with Crippen molar-refractivity contribution in [1.82, 2.24) is 5.32 Å². The zero-order valence-corrected chi connectivity index (χ0v) is 8.77. The summed E-state index contributed by atoms with van der Waals surface area (Å²) in [5, 5.41) is 12.2. The number of phenols is 1. The van der Waals surface area contributed by atoms with Gasteiger partial charge in [-0.25, -0.2) is 4.79 Å². The summed E-state index contributed by atoms with van der Waals surface area (Å²) in [6, 6.07) is 6.08. The Morgan fingerprint density at radius 1 is 1.31 bits per heavy atom. The molecule has 0 radical (unpaired) electrons. The molecule has 0 saturated heterocycles. The Morgan fingerprint density at radius 2 is 2.06 bits per heavy atom. The van der Waals surface area contributed by atoms with Crippen LogP contribution in [0.3, 0.4) is 0 Å². The van der Waals surface area contributed by atoms with E-state index in [0.29, 0.717) is 17.9 Å². The van der Waals surface area contributed by atoms with Crippen molar-refractivity contribution in [2.24, 2.45) is 0 Å². The molecule has 0 amide bonds. The molecule has 0 aliphatic carbocycles. The van der Waals surface area contributed by atoms with Gasteiger partial charge in [-0.2, -0.15) is 0 Å². The highest BCUT2D eigenvalue weighted by atomic mass is 16.5.